The number of halogens is 4. The molecule has 7 heteroatoms. The van der Waals surface area contributed by atoms with E-state index in [1.54, 1.807) is 20.8 Å². The Bertz CT molecular complexity index is 495. The molecule has 112 valence electrons. The first-order valence-corrected chi connectivity index (χ1v) is 6.32. The van der Waals surface area contributed by atoms with Gasteiger partial charge in [0.05, 0.1) is 11.3 Å². The number of carbonyl (C=O) groups is 1. The Labute approximate surface area is 120 Å². The van der Waals surface area contributed by atoms with Crippen LogP contribution in [0, 0.1) is 0 Å². The van der Waals surface area contributed by atoms with Crippen molar-refractivity contribution in [3.05, 3.63) is 29.3 Å². The molecule has 1 rings (SSSR count). The number of nitrogens with one attached hydrogen (secondary N) is 1. The van der Waals surface area contributed by atoms with Gasteiger partial charge in [-0.1, -0.05) is 6.07 Å². The largest absolute Gasteiger partial charge is 0.444 e. The summed E-state index contributed by atoms with van der Waals surface area (Å²) in [4.78, 5) is 11.5. The van der Waals surface area contributed by atoms with E-state index in [4.69, 9.17) is 16.3 Å². The first kappa shape index (κ1) is 16.6. The van der Waals surface area contributed by atoms with Crippen molar-refractivity contribution in [1.82, 2.24) is 0 Å². The summed E-state index contributed by atoms with van der Waals surface area (Å²) in [7, 11) is 0. The molecule has 0 saturated heterocycles. The zero-order valence-corrected chi connectivity index (χ0v) is 12.0. The lowest BCUT2D eigenvalue weighted by Gasteiger charge is -2.21. The summed E-state index contributed by atoms with van der Waals surface area (Å²) < 4.78 is 43.7. The van der Waals surface area contributed by atoms with E-state index in [9.17, 15) is 18.0 Å². The van der Waals surface area contributed by atoms with Crippen LogP contribution in [0.5, 0.6) is 0 Å². The van der Waals surface area contributed by atoms with Gasteiger partial charge in [0.2, 0.25) is 0 Å². The number of anilines is 1. The number of carbonyl (C=O) groups excluding carboxylic acids is 1. The fraction of sp³-hybridized carbons (Fsp3) is 0.462. The van der Waals surface area contributed by atoms with Crippen LogP contribution in [0.2, 0.25) is 0 Å². The van der Waals surface area contributed by atoms with Crippen LogP contribution < -0.4 is 5.32 Å². The third kappa shape index (κ3) is 4.92. The zero-order chi connectivity index (χ0) is 15.6. The highest BCUT2D eigenvalue weighted by Crippen LogP contribution is 2.36. The highest BCUT2D eigenvalue weighted by atomic mass is 35.5. The number of alkyl halides is 4. The lowest BCUT2D eigenvalue weighted by molar-refractivity contribution is -0.137. The molecule has 0 aliphatic carbocycles. The second-order valence-electron chi connectivity index (χ2n) is 5.14. The van der Waals surface area contributed by atoms with Gasteiger partial charge in [0.15, 0.2) is 0 Å². The number of hydrogen-bond acceptors (Lipinski definition) is 2. The Morgan fingerprint density at radius 2 is 1.90 bits per heavy atom. The number of hydrogen-bond donors (Lipinski definition) is 1. The predicted octanol–water partition coefficient (Wildman–Crippen LogP) is 4.79. The van der Waals surface area contributed by atoms with Crippen molar-refractivity contribution in [2.24, 2.45) is 0 Å². The molecule has 20 heavy (non-hydrogen) atoms. The van der Waals surface area contributed by atoms with E-state index in [2.05, 4.69) is 5.32 Å². The standard InChI is InChI=1S/C13H15ClF3NO2/c1-12(2,3)20-11(19)18-10-5-4-8(7-14)6-9(10)13(15,16)17/h4-6H,7H2,1-3H3,(H,18,19). The molecule has 0 atom stereocenters. The Balaban J connectivity index is 3.03. The van der Waals surface area contributed by atoms with Gasteiger partial charge in [0, 0.05) is 5.88 Å². The third-order valence-corrected chi connectivity index (χ3v) is 2.49. The molecule has 1 N–H and O–H groups in total. The maximum absolute atomic E-state index is 12.9. The van der Waals surface area contributed by atoms with E-state index in [1.807, 2.05) is 0 Å². The van der Waals surface area contributed by atoms with Gasteiger partial charge >= 0.3 is 12.3 Å². The number of ether oxygens (including phenoxy) is 1. The van der Waals surface area contributed by atoms with Crippen molar-refractivity contribution in [2.75, 3.05) is 5.32 Å². The van der Waals surface area contributed by atoms with Crippen molar-refractivity contribution in [3.8, 4) is 0 Å². The van der Waals surface area contributed by atoms with Gasteiger partial charge in [-0.2, -0.15) is 13.2 Å². The van der Waals surface area contributed by atoms with Gasteiger partial charge in [0.25, 0.3) is 0 Å². The molecule has 0 fully saturated rings. The van der Waals surface area contributed by atoms with Gasteiger partial charge in [-0.05, 0) is 38.5 Å². The van der Waals surface area contributed by atoms with Crippen LogP contribution in [0.4, 0.5) is 23.7 Å². The molecule has 1 aromatic carbocycles. The average Bonchev–Trinajstić information content (AvgIpc) is 2.25. The van der Waals surface area contributed by atoms with E-state index in [1.165, 1.54) is 6.07 Å². The molecular weight excluding hydrogens is 295 g/mol. The second-order valence-corrected chi connectivity index (χ2v) is 5.41. The molecule has 1 aromatic rings. The first-order chi connectivity index (χ1) is 9.03. The maximum Gasteiger partial charge on any atom is 0.418 e. The quantitative estimate of drug-likeness (QED) is 0.798. The molecule has 0 saturated carbocycles. The number of amides is 1. The molecule has 1 amide bonds. The van der Waals surface area contributed by atoms with Crippen LogP contribution in [0.3, 0.4) is 0 Å². The van der Waals surface area contributed by atoms with Crippen molar-refractivity contribution >= 4 is 23.4 Å². The van der Waals surface area contributed by atoms with E-state index in [0.29, 0.717) is 5.56 Å². The van der Waals surface area contributed by atoms with Crippen molar-refractivity contribution in [3.63, 3.8) is 0 Å². The maximum atomic E-state index is 12.9. The van der Waals surface area contributed by atoms with E-state index >= 15 is 0 Å². The minimum absolute atomic E-state index is 0.0458. The van der Waals surface area contributed by atoms with Gasteiger partial charge in [-0.15, -0.1) is 11.6 Å². The van der Waals surface area contributed by atoms with E-state index in [0.717, 1.165) is 12.1 Å². The van der Waals surface area contributed by atoms with Crippen LogP contribution >= 0.6 is 11.6 Å². The van der Waals surface area contributed by atoms with Crippen molar-refractivity contribution < 1.29 is 22.7 Å². The smallest absolute Gasteiger partial charge is 0.418 e. The van der Waals surface area contributed by atoms with Crippen LogP contribution in [-0.2, 0) is 16.8 Å². The summed E-state index contributed by atoms with van der Waals surface area (Å²) in [6.07, 6.45) is -5.53. The highest BCUT2D eigenvalue weighted by molar-refractivity contribution is 6.17. The van der Waals surface area contributed by atoms with Crippen LogP contribution in [0.15, 0.2) is 18.2 Å². The molecule has 0 aromatic heterocycles. The lowest BCUT2D eigenvalue weighted by Crippen LogP contribution is -2.28. The van der Waals surface area contributed by atoms with Crippen molar-refractivity contribution in [2.45, 2.75) is 38.4 Å². The molecular formula is C13H15ClF3NO2. The molecule has 0 aliphatic heterocycles. The summed E-state index contributed by atoms with van der Waals surface area (Å²) >= 11 is 5.51. The minimum atomic E-state index is -4.59. The zero-order valence-electron chi connectivity index (χ0n) is 11.3. The van der Waals surface area contributed by atoms with Crippen LogP contribution in [-0.4, -0.2) is 11.7 Å². The average molecular weight is 310 g/mol. The lowest BCUT2D eigenvalue weighted by atomic mass is 10.1. The fourth-order valence-electron chi connectivity index (χ4n) is 1.43. The van der Waals surface area contributed by atoms with Gasteiger partial charge < -0.3 is 4.74 Å². The summed E-state index contributed by atoms with van der Waals surface area (Å²) in [5.74, 6) is -0.0458. The Morgan fingerprint density at radius 3 is 2.35 bits per heavy atom. The molecule has 0 aliphatic rings. The Hall–Kier alpha value is -1.43. The summed E-state index contributed by atoms with van der Waals surface area (Å²) in [5.41, 5.74) is -1.80. The normalized spacial score (nSPS) is 12.2. The van der Waals surface area contributed by atoms with Gasteiger partial charge in [0.1, 0.15) is 5.60 Å². The molecule has 0 heterocycles. The first-order valence-electron chi connectivity index (χ1n) is 5.79. The van der Waals surface area contributed by atoms with Crippen LogP contribution in [0.25, 0.3) is 0 Å². The van der Waals surface area contributed by atoms with Gasteiger partial charge in [-0.3, -0.25) is 5.32 Å². The second kappa shape index (κ2) is 5.91. The molecule has 3 nitrogen and oxygen atoms in total. The van der Waals surface area contributed by atoms with E-state index in [-0.39, 0.29) is 11.6 Å². The molecule has 0 radical (unpaired) electrons. The Morgan fingerprint density at radius 1 is 1.30 bits per heavy atom. The van der Waals surface area contributed by atoms with E-state index < -0.39 is 23.4 Å². The van der Waals surface area contributed by atoms with Crippen molar-refractivity contribution in [1.29, 1.82) is 0 Å². The SMILES string of the molecule is CC(C)(C)OC(=O)Nc1ccc(CCl)cc1C(F)(F)F. The summed E-state index contributed by atoms with van der Waals surface area (Å²) in [6.45, 7) is 4.86. The van der Waals surface area contributed by atoms with Crippen LogP contribution in [0.1, 0.15) is 31.9 Å². The summed E-state index contributed by atoms with van der Waals surface area (Å²) in [5, 5.41) is 2.10. The number of rotatable bonds is 2. The summed E-state index contributed by atoms with van der Waals surface area (Å²) in [6, 6.07) is 3.47. The number of benzene rings is 1. The Kier molecular flexibility index (Phi) is 4.91. The molecule has 0 bridgehead atoms. The predicted molar refractivity (Wildman–Crippen MR) is 70.9 cm³/mol. The fourth-order valence-corrected chi connectivity index (χ4v) is 1.60. The van der Waals surface area contributed by atoms with Gasteiger partial charge in [-0.25, -0.2) is 4.79 Å². The third-order valence-electron chi connectivity index (χ3n) is 2.18. The minimum Gasteiger partial charge on any atom is -0.444 e. The molecule has 0 spiro atoms. The highest BCUT2D eigenvalue weighted by Gasteiger charge is 2.34. The topological polar surface area (TPSA) is 38.3 Å². The molecule has 0 unspecified atom stereocenters. The monoisotopic (exact) mass is 309 g/mol.